The number of aromatic hydroxyl groups is 1. The van der Waals surface area contributed by atoms with Crippen LogP contribution in [0.1, 0.15) is 18.1 Å². The van der Waals surface area contributed by atoms with Crippen molar-refractivity contribution in [2.75, 3.05) is 11.9 Å². The van der Waals surface area contributed by atoms with Crippen molar-refractivity contribution in [3.63, 3.8) is 0 Å². The Morgan fingerprint density at radius 3 is 2.76 bits per heavy atom. The summed E-state index contributed by atoms with van der Waals surface area (Å²) in [5.41, 5.74) is 2.47. The molecule has 2 aromatic carbocycles. The second-order valence-corrected chi connectivity index (χ2v) is 4.86. The Kier molecular flexibility index (Phi) is 4.82. The zero-order valence-electron chi connectivity index (χ0n) is 12.2. The van der Waals surface area contributed by atoms with E-state index in [2.05, 4.69) is 12.2 Å². The number of anilines is 1. The zero-order chi connectivity index (χ0) is 15.2. The topological polar surface area (TPSA) is 58.6 Å². The average Bonchev–Trinajstić information content (AvgIpc) is 2.48. The quantitative estimate of drug-likeness (QED) is 0.829. The summed E-state index contributed by atoms with van der Waals surface area (Å²) in [4.78, 5) is 11.8. The van der Waals surface area contributed by atoms with Crippen molar-refractivity contribution in [1.82, 2.24) is 0 Å². The first-order valence-corrected chi connectivity index (χ1v) is 6.89. The second-order valence-electron chi connectivity index (χ2n) is 4.86. The zero-order valence-corrected chi connectivity index (χ0v) is 12.2. The molecule has 0 atom stereocenters. The van der Waals surface area contributed by atoms with Gasteiger partial charge in [-0.15, -0.1) is 0 Å². The molecular formula is C17H19NO3. The highest BCUT2D eigenvalue weighted by atomic mass is 16.5. The minimum atomic E-state index is -0.309. The molecule has 0 spiro atoms. The molecule has 0 aliphatic carbocycles. The van der Waals surface area contributed by atoms with Crippen LogP contribution in [-0.4, -0.2) is 17.6 Å². The molecule has 4 heteroatoms. The van der Waals surface area contributed by atoms with E-state index in [0.29, 0.717) is 11.4 Å². The number of rotatable bonds is 5. The number of carbonyl (C=O) groups is 1. The molecule has 1 amide bonds. The van der Waals surface area contributed by atoms with E-state index in [0.717, 1.165) is 17.5 Å². The molecule has 0 unspecified atom stereocenters. The number of phenolic OH excluding ortho intramolecular Hbond substituents is 1. The molecule has 21 heavy (non-hydrogen) atoms. The maximum atomic E-state index is 11.8. The molecule has 2 N–H and O–H groups in total. The lowest BCUT2D eigenvalue weighted by Gasteiger charge is -2.10. The Bertz CT molecular complexity index is 638. The lowest BCUT2D eigenvalue weighted by molar-refractivity contribution is -0.118. The van der Waals surface area contributed by atoms with Gasteiger partial charge in [-0.05, 0) is 48.7 Å². The smallest absolute Gasteiger partial charge is 0.262 e. The molecular weight excluding hydrogens is 266 g/mol. The predicted molar refractivity (Wildman–Crippen MR) is 82.8 cm³/mol. The van der Waals surface area contributed by atoms with Crippen molar-refractivity contribution in [1.29, 1.82) is 0 Å². The van der Waals surface area contributed by atoms with Gasteiger partial charge >= 0.3 is 0 Å². The molecule has 0 aromatic heterocycles. The van der Waals surface area contributed by atoms with Gasteiger partial charge in [-0.1, -0.05) is 25.1 Å². The number of ether oxygens (including phenoxy) is 1. The van der Waals surface area contributed by atoms with E-state index in [1.54, 1.807) is 12.1 Å². The highest BCUT2D eigenvalue weighted by Gasteiger charge is 2.07. The van der Waals surface area contributed by atoms with Crippen LogP contribution < -0.4 is 10.1 Å². The number of phenols is 1. The monoisotopic (exact) mass is 285 g/mol. The lowest BCUT2D eigenvalue weighted by Crippen LogP contribution is -2.20. The third kappa shape index (κ3) is 4.24. The van der Waals surface area contributed by atoms with Gasteiger partial charge in [0.15, 0.2) is 6.61 Å². The first kappa shape index (κ1) is 14.9. The molecule has 0 saturated heterocycles. The van der Waals surface area contributed by atoms with Crippen molar-refractivity contribution in [2.45, 2.75) is 20.3 Å². The minimum absolute atomic E-state index is 0.0522. The fraction of sp³-hybridized carbons (Fsp3) is 0.235. The van der Waals surface area contributed by atoms with Crippen LogP contribution in [0.3, 0.4) is 0 Å². The fourth-order valence-corrected chi connectivity index (χ4v) is 1.94. The predicted octanol–water partition coefficient (Wildman–Crippen LogP) is 3.28. The van der Waals surface area contributed by atoms with Crippen LogP contribution in [0.25, 0.3) is 0 Å². The molecule has 0 aliphatic rings. The molecule has 0 heterocycles. The van der Waals surface area contributed by atoms with E-state index in [4.69, 9.17) is 4.74 Å². The van der Waals surface area contributed by atoms with Gasteiger partial charge < -0.3 is 15.2 Å². The van der Waals surface area contributed by atoms with Crippen LogP contribution in [-0.2, 0) is 11.2 Å². The number of benzene rings is 2. The summed E-state index contributed by atoms with van der Waals surface area (Å²) >= 11 is 0. The lowest BCUT2D eigenvalue weighted by atomic mass is 10.2. The average molecular weight is 285 g/mol. The number of amides is 1. The number of aryl methyl sites for hydroxylation is 2. The van der Waals surface area contributed by atoms with Crippen LogP contribution >= 0.6 is 0 Å². The third-order valence-electron chi connectivity index (χ3n) is 3.10. The Hall–Kier alpha value is -2.49. The first-order chi connectivity index (χ1) is 10.1. The van der Waals surface area contributed by atoms with Gasteiger partial charge in [-0.3, -0.25) is 4.79 Å². The highest BCUT2D eigenvalue weighted by Crippen LogP contribution is 2.23. The van der Waals surface area contributed by atoms with Crippen LogP contribution in [0, 0.1) is 6.92 Å². The van der Waals surface area contributed by atoms with Crippen molar-refractivity contribution in [3.05, 3.63) is 53.6 Å². The van der Waals surface area contributed by atoms with Gasteiger partial charge in [0.25, 0.3) is 5.91 Å². The van der Waals surface area contributed by atoms with Gasteiger partial charge in [-0.25, -0.2) is 0 Å². The standard InChI is InChI=1S/C17H19NO3/c1-3-13-5-4-6-14(10-13)21-11-17(20)18-15-8-7-12(2)9-16(15)19/h4-10,19H,3,11H2,1-2H3,(H,18,20). The minimum Gasteiger partial charge on any atom is -0.506 e. The molecule has 0 radical (unpaired) electrons. The van der Waals surface area contributed by atoms with Crippen molar-refractivity contribution in [2.24, 2.45) is 0 Å². The van der Waals surface area contributed by atoms with E-state index in [1.165, 1.54) is 0 Å². The van der Waals surface area contributed by atoms with E-state index in [9.17, 15) is 9.90 Å². The molecule has 4 nitrogen and oxygen atoms in total. The fourth-order valence-electron chi connectivity index (χ4n) is 1.94. The SMILES string of the molecule is CCc1cccc(OCC(=O)Nc2ccc(C)cc2O)c1. The van der Waals surface area contributed by atoms with Crippen molar-refractivity contribution in [3.8, 4) is 11.5 Å². The third-order valence-corrected chi connectivity index (χ3v) is 3.10. The summed E-state index contributed by atoms with van der Waals surface area (Å²) < 4.78 is 5.45. The van der Waals surface area contributed by atoms with Crippen LogP contribution in [0.5, 0.6) is 11.5 Å². The first-order valence-electron chi connectivity index (χ1n) is 6.89. The Labute approximate surface area is 124 Å². The van der Waals surface area contributed by atoms with Crippen LogP contribution in [0.15, 0.2) is 42.5 Å². The summed E-state index contributed by atoms with van der Waals surface area (Å²) in [6.07, 6.45) is 0.917. The van der Waals surface area contributed by atoms with Gasteiger partial charge in [0.2, 0.25) is 0 Å². The summed E-state index contributed by atoms with van der Waals surface area (Å²) in [6, 6.07) is 12.7. The summed E-state index contributed by atoms with van der Waals surface area (Å²) in [6.45, 7) is 3.83. The van der Waals surface area contributed by atoms with Gasteiger partial charge in [-0.2, -0.15) is 0 Å². The van der Waals surface area contributed by atoms with E-state index in [1.807, 2.05) is 37.3 Å². The maximum absolute atomic E-state index is 11.8. The van der Waals surface area contributed by atoms with Crippen LogP contribution in [0.4, 0.5) is 5.69 Å². The maximum Gasteiger partial charge on any atom is 0.262 e. The normalized spacial score (nSPS) is 10.2. The van der Waals surface area contributed by atoms with E-state index < -0.39 is 0 Å². The molecule has 0 fully saturated rings. The number of nitrogens with one attached hydrogen (secondary N) is 1. The number of hydrogen-bond acceptors (Lipinski definition) is 3. The largest absolute Gasteiger partial charge is 0.506 e. The van der Waals surface area contributed by atoms with Crippen molar-refractivity contribution >= 4 is 11.6 Å². The second kappa shape index (κ2) is 6.79. The molecule has 2 rings (SSSR count). The van der Waals surface area contributed by atoms with Crippen molar-refractivity contribution < 1.29 is 14.6 Å². The van der Waals surface area contributed by atoms with Gasteiger partial charge in [0.05, 0.1) is 5.69 Å². The number of hydrogen-bond donors (Lipinski definition) is 2. The molecule has 110 valence electrons. The summed E-state index contributed by atoms with van der Waals surface area (Å²) in [5.74, 6) is 0.407. The molecule has 0 bridgehead atoms. The van der Waals surface area contributed by atoms with Gasteiger partial charge in [0.1, 0.15) is 11.5 Å². The molecule has 0 aliphatic heterocycles. The van der Waals surface area contributed by atoms with Gasteiger partial charge in [0, 0.05) is 0 Å². The Morgan fingerprint density at radius 1 is 1.24 bits per heavy atom. The Balaban J connectivity index is 1.92. The van der Waals surface area contributed by atoms with Crippen LogP contribution in [0.2, 0.25) is 0 Å². The van der Waals surface area contributed by atoms with E-state index in [-0.39, 0.29) is 18.3 Å². The molecule has 2 aromatic rings. The Morgan fingerprint density at radius 2 is 2.05 bits per heavy atom. The number of carbonyl (C=O) groups excluding carboxylic acids is 1. The highest BCUT2D eigenvalue weighted by molar-refractivity contribution is 5.93. The summed E-state index contributed by atoms with van der Waals surface area (Å²) in [5, 5.41) is 12.4. The van der Waals surface area contributed by atoms with E-state index >= 15 is 0 Å². The summed E-state index contributed by atoms with van der Waals surface area (Å²) in [7, 11) is 0. The molecule has 0 saturated carbocycles.